The van der Waals surface area contributed by atoms with Gasteiger partial charge in [0.25, 0.3) is 5.91 Å². The number of aliphatic hydroxyl groups excluding tert-OH is 1. The lowest BCUT2D eigenvalue weighted by molar-refractivity contribution is 0.0941. The number of amides is 1. The molecule has 2 N–H and O–H groups in total. The van der Waals surface area contributed by atoms with Gasteiger partial charge in [-0.3, -0.25) is 4.79 Å². The van der Waals surface area contributed by atoms with Crippen LogP contribution in [-0.2, 0) is 7.05 Å². The van der Waals surface area contributed by atoms with E-state index in [2.05, 4.69) is 5.32 Å². The van der Waals surface area contributed by atoms with E-state index in [9.17, 15) is 9.90 Å². The summed E-state index contributed by atoms with van der Waals surface area (Å²) in [6.45, 7) is 0.459. The van der Waals surface area contributed by atoms with Crippen LogP contribution in [0.5, 0.6) is 0 Å². The zero-order valence-electron chi connectivity index (χ0n) is 10.2. The van der Waals surface area contributed by atoms with Gasteiger partial charge in [-0.1, -0.05) is 0 Å². The van der Waals surface area contributed by atoms with Crippen molar-refractivity contribution in [2.75, 3.05) is 6.54 Å². The molecule has 0 saturated carbocycles. The average Bonchev–Trinajstić information content (AvgIpc) is 2.99. The highest BCUT2D eigenvalue weighted by Gasteiger charge is 2.11. The molecule has 2 aromatic rings. The van der Waals surface area contributed by atoms with Crippen LogP contribution < -0.4 is 5.32 Å². The van der Waals surface area contributed by atoms with Crippen molar-refractivity contribution in [2.24, 2.45) is 7.05 Å². The Kier molecular flexibility index (Phi) is 4.17. The molecular weight excluding hydrogens is 248 g/mol. The van der Waals surface area contributed by atoms with Gasteiger partial charge in [0.05, 0.1) is 6.10 Å². The number of nitrogens with one attached hydrogen (secondary N) is 1. The number of aliphatic hydroxyl groups is 1. The van der Waals surface area contributed by atoms with E-state index in [1.54, 1.807) is 6.07 Å². The molecule has 96 valence electrons. The summed E-state index contributed by atoms with van der Waals surface area (Å²) in [5.41, 5.74) is 1.54. The summed E-state index contributed by atoms with van der Waals surface area (Å²) in [5.74, 6) is -0.0877. The number of hydrogen-bond donors (Lipinski definition) is 2. The molecule has 0 aliphatic heterocycles. The molecule has 0 aromatic carbocycles. The van der Waals surface area contributed by atoms with Gasteiger partial charge in [-0.15, -0.1) is 0 Å². The molecule has 0 aliphatic carbocycles. The second-order valence-corrected chi connectivity index (χ2v) is 4.90. The topological polar surface area (TPSA) is 54.3 Å². The van der Waals surface area contributed by atoms with Crippen LogP contribution in [0, 0.1) is 0 Å². The van der Waals surface area contributed by atoms with Gasteiger partial charge in [-0.05, 0) is 30.0 Å². The minimum atomic E-state index is -0.548. The third-order valence-corrected chi connectivity index (χ3v) is 3.50. The molecule has 1 amide bonds. The van der Waals surface area contributed by atoms with Crippen molar-refractivity contribution in [3.63, 3.8) is 0 Å². The zero-order valence-corrected chi connectivity index (χ0v) is 11.0. The first-order chi connectivity index (χ1) is 8.68. The first kappa shape index (κ1) is 12.9. The van der Waals surface area contributed by atoms with Crippen LogP contribution in [0.25, 0.3) is 0 Å². The van der Waals surface area contributed by atoms with Crippen LogP contribution in [0.4, 0.5) is 0 Å². The number of hydrogen-bond acceptors (Lipinski definition) is 3. The van der Waals surface area contributed by atoms with E-state index < -0.39 is 6.10 Å². The maximum absolute atomic E-state index is 11.6. The molecule has 1 unspecified atom stereocenters. The average molecular weight is 264 g/mol. The Hall–Kier alpha value is -1.59. The predicted molar refractivity (Wildman–Crippen MR) is 71.6 cm³/mol. The molecule has 0 radical (unpaired) electrons. The minimum absolute atomic E-state index is 0.0877. The van der Waals surface area contributed by atoms with Crippen LogP contribution in [0.1, 0.15) is 28.6 Å². The fraction of sp³-hybridized carbons (Fsp3) is 0.308. The number of aryl methyl sites for hydroxylation is 1. The van der Waals surface area contributed by atoms with E-state index in [1.165, 1.54) is 11.3 Å². The highest BCUT2D eigenvalue weighted by atomic mass is 32.1. The Morgan fingerprint density at radius 1 is 1.56 bits per heavy atom. The van der Waals surface area contributed by atoms with E-state index in [1.807, 2.05) is 40.7 Å². The normalized spacial score (nSPS) is 12.3. The quantitative estimate of drug-likeness (QED) is 0.867. The number of thiophene rings is 1. The molecule has 2 rings (SSSR count). The van der Waals surface area contributed by atoms with Crippen molar-refractivity contribution >= 4 is 17.2 Å². The first-order valence-corrected chi connectivity index (χ1v) is 6.72. The minimum Gasteiger partial charge on any atom is -0.387 e. The van der Waals surface area contributed by atoms with Gasteiger partial charge >= 0.3 is 0 Å². The van der Waals surface area contributed by atoms with Gasteiger partial charge in [0.2, 0.25) is 0 Å². The van der Waals surface area contributed by atoms with Gasteiger partial charge in [0.15, 0.2) is 0 Å². The number of carbonyl (C=O) groups excluding carboxylic acids is 1. The highest BCUT2D eigenvalue weighted by molar-refractivity contribution is 7.08. The Bertz CT molecular complexity index is 505. The lowest BCUT2D eigenvalue weighted by atomic mass is 10.2. The second kappa shape index (κ2) is 5.84. The van der Waals surface area contributed by atoms with Crippen molar-refractivity contribution < 1.29 is 9.90 Å². The summed E-state index contributed by atoms with van der Waals surface area (Å²) in [6, 6.07) is 5.56. The molecule has 0 spiro atoms. The lowest BCUT2D eigenvalue weighted by Gasteiger charge is -2.12. The van der Waals surface area contributed by atoms with Crippen molar-refractivity contribution in [3.8, 4) is 0 Å². The van der Waals surface area contributed by atoms with Crippen LogP contribution in [0.2, 0.25) is 0 Å². The Labute approximate surface area is 110 Å². The summed E-state index contributed by atoms with van der Waals surface area (Å²) in [4.78, 5) is 11.6. The molecule has 0 saturated heterocycles. The van der Waals surface area contributed by atoms with Crippen LogP contribution in [0.3, 0.4) is 0 Å². The monoisotopic (exact) mass is 264 g/mol. The zero-order chi connectivity index (χ0) is 13.0. The molecule has 0 aliphatic rings. The van der Waals surface area contributed by atoms with Crippen molar-refractivity contribution in [2.45, 2.75) is 12.5 Å². The third kappa shape index (κ3) is 3.00. The fourth-order valence-electron chi connectivity index (χ4n) is 1.79. The van der Waals surface area contributed by atoms with Gasteiger partial charge in [0.1, 0.15) is 0 Å². The number of aromatic nitrogens is 1. The van der Waals surface area contributed by atoms with Crippen molar-refractivity contribution in [1.29, 1.82) is 0 Å². The first-order valence-electron chi connectivity index (χ1n) is 5.78. The third-order valence-electron chi connectivity index (χ3n) is 2.81. The Balaban J connectivity index is 1.79. The smallest absolute Gasteiger partial charge is 0.252 e. The van der Waals surface area contributed by atoms with Crippen LogP contribution in [-0.4, -0.2) is 22.1 Å². The van der Waals surface area contributed by atoms with Crippen molar-refractivity contribution in [3.05, 3.63) is 46.4 Å². The van der Waals surface area contributed by atoms with Gasteiger partial charge in [0, 0.05) is 36.4 Å². The van der Waals surface area contributed by atoms with Gasteiger partial charge in [-0.2, -0.15) is 11.3 Å². The summed E-state index contributed by atoms with van der Waals surface area (Å²) in [5, 5.41) is 16.4. The predicted octanol–water partition coefficient (Wildman–Crippen LogP) is 1.94. The molecule has 4 nitrogen and oxygen atoms in total. The SMILES string of the molecule is Cn1cccc1C(O)CCNC(=O)c1ccsc1. The van der Waals surface area contributed by atoms with E-state index in [0.29, 0.717) is 18.5 Å². The van der Waals surface area contributed by atoms with Crippen LogP contribution in [0.15, 0.2) is 35.2 Å². The summed E-state index contributed by atoms with van der Waals surface area (Å²) < 4.78 is 1.88. The molecule has 0 fully saturated rings. The Morgan fingerprint density at radius 2 is 2.39 bits per heavy atom. The van der Waals surface area contributed by atoms with Crippen LogP contribution >= 0.6 is 11.3 Å². The second-order valence-electron chi connectivity index (χ2n) is 4.12. The Morgan fingerprint density at radius 3 is 3.00 bits per heavy atom. The number of carbonyl (C=O) groups is 1. The number of nitrogens with zero attached hydrogens (tertiary/aromatic N) is 1. The highest BCUT2D eigenvalue weighted by Crippen LogP contribution is 2.15. The molecule has 2 heterocycles. The number of rotatable bonds is 5. The van der Waals surface area contributed by atoms with Gasteiger partial charge in [-0.25, -0.2) is 0 Å². The molecule has 5 heteroatoms. The van der Waals surface area contributed by atoms with E-state index in [0.717, 1.165) is 5.69 Å². The van der Waals surface area contributed by atoms with E-state index in [4.69, 9.17) is 0 Å². The summed E-state index contributed by atoms with van der Waals surface area (Å²) in [7, 11) is 1.89. The van der Waals surface area contributed by atoms with Gasteiger partial charge < -0.3 is 15.0 Å². The van der Waals surface area contributed by atoms with Crippen molar-refractivity contribution in [1.82, 2.24) is 9.88 Å². The maximum atomic E-state index is 11.6. The molecule has 18 heavy (non-hydrogen) atoms. The molecule has 2 aromatic heterocycles. The lowest BCUT2D eigenvalue weighted by Crippen LogP contribution is -2.25. The largest absolute Gasteiger partial charge is 0.387 e. The molecule has 0 bridgehead atoms. The molecule has 1 atom stereocenters. The molecular formula is C13H16N2O2S. The maximum Gasteiger partial charge on any atom is 0.252 e. The fourth-order valence-corrected chi connectivity index (χ4v) is 2.42. The van der Waals surface area contributed by atoms with E-state index >= 15 is 0 Å². The summed E-state index contributed by atoms with van der Waals surface area (Å²) >= 11 is 1.49. The van der Waals surface area contributed by atoms with E-state index in [-0.39, 0.29) is 5.91 Å². The standard InChI is InChI=1S/C13H16N2O2S/c1-15-7-2-3-11(15)12(16)4-6-14-13(17)10-5-8-18-9-10/h2-3,5,7-9,12,16H,4,6H2,1H3,(H,14,17). The summed E-state index contributed by atoms with van der Waals surface area (Å²) in [6.07, 6.45) is 1.85.